The van der Waals surface area contributed by atoms with Crippen LogP contribution in [0.2, 0.25) is 0 Å². The number of nitrogens with one attached hydrogen (secondary N) is 3. The average Bonchev–Trinajstić information content (AvgIpc) is 3.78. The number of nitrogens with zero attached hydrogens (tertiary/aromatic N) is 3. The molecule has 2 aromatic heterocycles. The molecule has 1 aliphatic carbocycles. The lowest BCUT2D eigenvalue weighted by Crippen LogP contribution is -2.31. The average molecular weight is 603 g/mol. The Labute approximate surface area is 253 Å². The van der Waals surface area contributed by atoms with E-state index in [0.29, 0.717) is 40.5 Å². The van der Waals surface area contributed by atoms with Gasteiger partial charge in [-0.1, -0.05) is 18.2 Å². The fourth-order valence-electron chi connectivity index (χ4n) is 4.27. The first-order valence-corrected chi connectivity index (χ1v) is 14.3. The van der Waals surface area contributed by atoms with Gasteiger partial charge in [-0.25, -0.2) is 9.78 Å². The first-order valence-electron chi connectivity index (χ1n) is 13.4. The third-order valence-corrected chi connectivity index (χ3v) is 7.45. The number of amides is 2. The molecule has 0 unspecified atom stereocenters. The molecule has 2 heterocycles. The summed E-state index contributed by atoms with van der Waals surface area (Å²) in [4.78, 5) is 47.2. The third-order valence-electron chi connectivity index (χ3n) is 6.63. The van der Waals surface area contributed by atoms with Crippen molar-refractivity contribution >= 4 is 40.5 Å². The molecule has 2 amide bonds. The molecule has 224 valence electrons. The lowest BCUT2D eigenvalue weighted by atomic mass is 10.0. The highest BCUT2D eigenvalue weighted by atomic mass is 32.1. The topological polar surface area (TPSA) is 178 Å². The van der Waals surface area contributed by atoms with E-state index < -0.39 is 5.91 Å². The molecule has 13 heteroatoms. The Kier molecular flexibility index (Phi) is 9.81. The number of ether oxygens (including phenoxy) is 1. The van der Waals surface area contributed by atoms with Crippen LogP contribution in [0.1, 0.15) is 29.2 Å². The van der Waals surface area contributed by atoms with Crippen molar-refractivity contribution in [2.45, 2.75) is 26.3 Å². The highest BCUT2D eigenvalue weighted by molar-refractivity contribution is 7.09. The van der Waals surface area contributed by atoms with Crippen LogP contribution in [0.15, 0.2) is 65.2 Å². The summed E-state index contributed by atoms with van der Waals surface area (Å²) in [5.41, 5.74) is 15.7. The van der Waals surface area contributed by atoms with Gasteiger partial charge in [-0.2, -0.15) is 0 Å². The first kappa shape index (κ1) is 30.8. The van der Waals surface area contributed by atoms with Crippen molar-refractivity contribution in [3.8, 4) is 16.9 Å². The number of carbonyl (C=O) groups excluding carboxylic acids is 3. The summed E-state index contributed by atoms with van der Waals surface area (Å²) < 4.78 is 5.76. The summed E-state index contributed by atoms with van der Waals surface area (Å²) in [5, 5.41) is 11.2. The molecule has 0 atom stereocenters. The summed E-state index contributed by atoms with van der Waals surface area (Å²) in [6, 6.07) is 8.95. The van der Waals surface area contributed by atoms with Gasteiger partial charge < -0.3 is 37.1 Å². The number of nitrogens with two attached hydrogens (primary N) is 2. The van der Waals surface area contributed by atoms with Crippen LogP contribution in [0.25, 0.3) is 16.8 Å². The monoisotopic (exact) mass is 602 g/mol. The Morgan fingerprint density at radius 1 is 1.23 bits per heavy atom. The zero-order chi connectivity index (χ0) is 31.1. The minimum absolute atomic E-state index is 0.0371. The van der Waals surface area contributed by atoms with E-state index in [1.165, 1.54) is 20.2 Å². The Hall–Kier alpha value is -5.13. The zero-order valence-electron chi connectivity index (χ0n) is 24.4. The number of thiazole rings is 1. The molecular formula is C30H34N8O4S. The molecule has 1 aromatic carbocycles. The molecule has 12 nitrogen and oxygen atoms in total. The summed E-state index contributed by atoms with van der Waals surface area (Å²) in [6.07, 6.45) is 4.66. The number of pyridine rings is 1. The van der Waals surface area contributed by atoms with E-state index in [4.69, 9.17) is 16.2 Å². The first-order chi connectivity index (χ1) is 20.6. The number of hydrogen-bond acceptors (Lipinski definition) is 11. The van der Waals surface area contributed by atoms with E-state index in [9.17, 15) is 14.4 Å². The summed E-state index contributed by atoms with van der Waals surface area (Å²) in [7, 11) is 4.76. The molecule has 43 heavy (non-hydrogen) atoms. The molecule has 1 aliphatic rings. The van der Waals surface area contributed by atoms with Crippen LogP contribution in [0, 0.1) is 12.8 Å². The van der Waals surface area contributed by atoms with Gasteiger partial charge in [0.15, 0.2) is 5.94 Å². The van der Waals surface area contributed by atoms with Crippen molar-refractivity contribution in [1.82, 2.24) is 25.5 Å². The summed E-state index contributed by atoms with van der Waals surface area (Å²) in [6.45, 7) is 2.37. The van der Waals surface area contributed by atoms with E-state index in [1.54, 1.807) is 47.7 Å². The normalized spacial score (nSPS) is 13.3. The van der Waals surface area contributed by atoms with Gasteiger partial charge in [0.2, 0.25) is 5.91 Å². The third kappa shape index (κ3) is 7.59. The zero-order valence-corrected chi connectivity index (χ0v) is 25.2. The Morgan fingerprint density at radius 2 is 2.00 bits per heavy atom. The molecule has 0 spiro atoms. The standard InChI is InChI=1S/C30H34N8O4S/c1-17-35-20(16-43-17)14-38(3)25(15-39)22-11-10-19(13-34-22)21-6-5-7-23(28(21)42-4)36-24(27(32)30(41)33-2)12-26(31)37-29(40)18-8-9-18/h5-7,10-13,16,18,36H,8-9,14,31-32H2,1-4H3,(H,33,41)(H,37,40)/b26-12+,27-24+. The van der Waals surface area contributed by atoms with E-state index in [1.807, 2.05) is 30.4 Å². The van der Waals surface area contributed by atoms with Gasteiger partial charge in [-0.3, -0.25) is 14.6 Å². The summed E-state index contributed by atoms with van der Waals surface area (Å²) in [5.74, 6) is 1.70. The van der Waals surface area contributed by atoms with Crippen LogP contribution in [0.5, 0.6) is 5.75 Å². The van der Waals surface area contributed by atoms with Crippen molar-refractivity contribution in [2.75, 3.05) is 26.5 Å². The van der Waals surface area contributed by atoms with Crippen molar-refractivity contribution < 1.29 is 19.1 Å². The van der Waals surface area contributed by atoms with Gasteiger partial charge in [-0.15, -0.1) is 11.3 Å². The Morgan fingerprint density at radius 3 is 2.58 bits per heavy atom. The lowest BCUT2D eigenvalue weighted by molar-refractivity contribution is -0.121. The Bertz CT molecular complexity index is 1620. The second-order valence-corrected chi connectivity index (χ2v) is 10.9. The molecule has 0 bridgehead atoms. The van der Waals surface area contributed by atoms with E-state index in [2.05, 4.69) is 25.9 Å². The molecule has 0 saturated heterocycles. The number of hydrogen-bond donors (Lipinski definition) is 5. The number of rotatable bonds is 12. The van der Waals surface area contributed by atoms with Gasteiger partial charge in [0.05, 0.1) is 41.4 Å². The van der Waals surface area contributed by atoms with E-state index in [-0.39, 0.29) is 29.0 Å². The molecule has 3 aromatic rings. The van der Waals surface area contributed by atoms with Crippen molar-refractivity contribution in [2.24, 2.45) is 17.4 Å². The number of aromatic nitrogens is 2. The van der Waals surface area contributed by atoms with Crippen LogP contribution in [-0.2, 0) is 20.9 Å². The number of carbonyl (C=O) groups is 2. The maximum atomic E-state index is 12.4. The quantitative estimate of drug-likeness (QED) is 0.118. The fourth-order valence-corrected chi connectivity index (χ4v) is 4.87. The summed E-state index contributed by atoms with van der Waals surface area (Å²) >= 11 is 1.55. The van der Waals surface area contributed by atoms with Gasteiger partial charge in [0, 0.05) is 48.8 Å². The smallest absolute Gasteiger partial charge is 0.269 e. The van der Waals surface area contributed by atoms with Crippen LogP contribution in [0.4, 0.5) is 5.69 Å². The molecule has 0 aliphatic heterocycles. The molecule has 1 fully saturated rings. The number of aryl methyl sites for hydroxylation is 1. The largest absolute Gasteiger partial charge is 0.494 e. The second-order valence-electron chi connectivity index (χ2n) is 9.88. The lowest BCUT2D eigenvalue weighted by Gasteiger charge is -2.19. The molecule has 4 rings (SSSR count). The predicted molar refractivity (Wildman–Crippen MR) is 166 cm³/mol. The van der Waals surface area contributed by atoms with Crippen molar-refractivity contribution in [3.05, 3.63) is 81.6 Å². The van der Waals surface area contributed by atoms with Gasteiger partial charge in [-0.05, 0) is 31.9 Å². The number of allylic oxidation sites excluding steroid dienone is 1. The van der Waals surface area contributed by atoms with Crippen LogP contribution < -0.4 is 32.2 Å². The van der Waals surface area contributed by atoms with Crippen molar-refractivity contribution in [3.63, 3.8) is 0 Å². The molecule has 0 radical (unpaired) electrons. The second kappa shape index (κ2) is 13.7. The SMILES string of the molecule is CNC(=O)/C(N)=C(/C=C(\N)NC(=O)C1CC1)Nc1cccc(-c2ccc(C(=C=O)N(C)Cc3csc(C)n3)nc2)c1OC. The van der Waals surface area contributed by atoms with Gasteiger partial charge >= 0.3 is 0 Å². The highest BCUT2D eigenvalue weighted by Crippen LogP contribution is 2.37. The van der Waals surface area contributed by atoms with Crippen LogP contribution in [0.3, 0.4) is 0 Å². The number of para-hydroxylation sites is 1. The Balaban J connectivity index is 1.61. The van der Waals surface area contributed by atoms with Crippen molar-refractivity contribution in [1.29, 1.82) is 0 Å². The fraction of sp³-hybridized carbons (Fsp3) is 0.267. The van der Waals surface area contributed by atoms with Gasteiger partial charge in [0.25, 0.3) is 5.91 Å². The van der Waals surface area contributed by atoms with Crippen LogP contribution in [-0.4, -0.2) is 53.8 Å². The predicted octanol–water partition coefficient (Wildman–Crippen LogP) is 2.48. The molecular weight excluding hydrogens is 568 g/mol. The van der Waals surface area contributed by atoms with Crippen LogP contribution >= 0.6 is 11.3 Å². The number of likely N-dealkylation sites (N-methyl/N-ethyl adjacent to an activating group) is 1. The molecule has 7 N–H and O–H groups in total. The number of benzene rings is 1. The maximum Gasteiger partial charge on any atom is 0.269 e. The van der Waals surface area contributed by atoms with E-state index in [0.717, 1.165) is 23.5 Å². The van der Waals surface area contributed by atoms with Gasteiger partial charge in [0.1, 0.15) is 23.0 Å². The van der Waals surface area contributed by atoms with E-state index >= 15 is 0 Å². The minimum atomic E-state index is -0.538. The molecule has 1 saturated carbocycles. The number of anilines is 1. The minimum Gasteiger partial charge on any atom is -0.494 e. The maximum absolute atomic E-state index is 12.4. The number of methoxy groups -OCH3 is 1. The highest BCUT2D eigenvalue weighted by Gasteiger charge is 2.29.